The maximum Gasteiger partial charge on any atom is 0.416 e. The maximum atomic E-state index is 14.5. The van der Waals surface area contributed by atoms with E-state index in [1.165, 1.54) is 4.57 Å². The molecule has 34 heavy (non-hydrogen) atoms. The molecule has 180 valence electrons. The van der Waals surface area contributed by atoms with Crippen molar-refractivity contribution in [3.05, 3.63) is 75.7 Å². The van der Waals surface area contributed by atoms with Crippen LogP contribution in [0.2, 0.25) is 0 Å². The van der Waals surface area contributed by atoms with Gasteiger partial charge in [0.15, 0.2) is 17.4 Å². The van der Waals surface area contributed by atoms with Crippen LogP contribution in [0.1, 0.15) is 24.5 Å². The number of hydrogen-bond donors (Lipinski definition) is 0. The van der Waals surface area contributed by atoms with E-state index in [2.05, 4.69) is 4.98 Å². The summed E-state index contributed by atoms with van der Waals surface area (Å²) in [6.45, 7) is 2.24. The summed E-state index contributed by atoms with van der Waals surface area (Å²) in [6.07, 6.45) is -3.84. The molecule has 0 fully saturated rings. The second kappa shape index (κ2) is 8.96. The molecule has 2 heterocycles. The number of benzene rings is 2. The number of fused-ring (bicyclic) bond motifs is 1. The number of ether oxygens (including phenoxy) is 2. The average Bonchev–Trinajstić information content (AvgIpc) is 2.77. The lowest BCUT2D eigenvalue weighted by atomic mass is 10.1. The highest BCUT2D eigenvalue weighted by Crippen LogP contribution is 2.34. The molecule has 2 aromatic carbocycles. The molecule has 11 heteroatoms. The van der Waals surface area contributed by atoms with Gasteiger partial charge in [0.25, 0.3) is 0 Å². The SMILES string of the molecule is C[C@@H]1CCn2c(cc(OCc3cc(F)c(Oc4cccc(C(F)(F)F)c4)c(F)c3)nc2=O)N1C. The quantitative estimate of drug-likeness (QED) is 0.473. The number of hydrogen-bond acceptors (Lipinski definition) is 5. The molecule has 6 nitrogen and oxygen atoms in total. The number of nitrogens with zero attached hydrogens (tertiary/aromatic N) is 3. The van der Waals surface area contributed by atoms with E-state index in [0.717, 1.165) is 36.8 Å². The van der Waals surface area contributed by atoms with Crippen molar-refractivity contribution in [1.29, 1.82) is 0 Å². The van der Waals surface area contributed by atoms with Crippen LogP contribution in [-0.4, -0.2) is 22.6 Å². The van der Waals surface area contributed by atoms with Crippen LogP contribution in [0.15, 0.2) is 47.3 Å². The third-order valence-corrected chi connectivity index (χ3v) is 5.58. The van der Waals surface area contributed by atoms with Gasteiger partial charge in [-0.3, -0.25) is 4.57 Å². The van der Waals surface area contributed by atoms with E-state index >= 15 is 0 Å². The Labute approximate surface area is 191 Å². The molecule has 1 aliphatic rings. The first-order chi connectivity index (χ1) is 16.0. The number of alkyl halides is 3. The Morgan fingerprint density at radius 1 is 1.12 bits per heavy atom. The lowest BCUT2D eigenvalue weighted by molar-refractivity contribution is -0.137. The Hall–Kier alpha value is -3.63. The van der Waals surface area contributed by atoms with Crippen molar-refractivity contribution in [1.82, 2.24) is 9.55 Å². The Morgan fingerprint density at radius 2 is 1.82 bits per heavy atom. The zero-order valence-electron chi connectivity index (χ0n) is 18.2. The normalized spacial score (nSPS) is 15.7. The summed E-state index contributed by atoms with van der Waals surface area (Å²) in [6, 6.07) is 7.35. The minimum absolute atomic E-state index is 0.00214. The number of aromatic nitrogens is 2. The summed E-state index contributed by atoms with van der Waals surface area (Å²) in [4.78, 5) is 18.1. The highest BCUT2D eigenvalue weighted by Gasteiger charge is 2.31. The van der Waals surface area contributed by atoms with E-state index in [4.69, 9.17) is 9.47 Å². The van der Waals surface area contributed by atoms with Gasteiger partial charge in [-0.1, -0.05) is 6.07 Å². The molecule has 4 rings (SSSR count). The standard InChI is InChI=1S/C23H20F5N3O3/c1-13-6-7-31-20(30(13)2)11-19(29-22(31)32)33-12-14-8-17(24)21(18(25)9-14)34-16-5-3-4-15(10-16)23(26,27)28/h3-5,8-11,13H,6-7,12H2,1-2H3/t13-/m1/s1. The summed E-state index contributed by atoms with van der Waals surface area (Å²) < 4.78 is 79.7. The Morgan fingerprint density at radius 3 is 2.50 bits per heavy atom. The third-order valence-electron chi connectivity index (χ3n) is 5.58. The molecule has 0 saturated heterocycles. The van der Waals surface area contributed by atoms with Crippen LogP contribution in [0, 0.1) is 11.6 Å². The lowest BCUT2D eigenvalue weighted by Gasteiger charge is -2.34. The maximum absolute atomic E-state index is 14.5. The minimum Gasteiger partial charge on any atom is -0.473 e. The Bertz CT molecular complexity index is 1250. The van der Waals surface area contributed by atoms with Crippen LogP contribution < -0.4 is 20.1 Å². The Kier molecular flexibility index (Phi) is 6.20. The summed E-state index contributed by atoms with van der Waals surface area (Å²) in [5.74, 6) is -2.83. The van der Waals surface area contributed by atoms with E-state index in [9.17, 15) is 26.7 Å². The van der Waals surface area contributed by atoms with Gasteiger partial charge in [0.1, 0.15) is 18.2 Å². The molecule has 3 aromatic rings. The van der Waals surface area contributed by atoms with Gasteiger partial charge in [0.05, 0.1) is 5.56 Å². The summed E-state index contributed by atoms with van der Waals surface area (Å²) >= 11 is 0. The first-order valence-corrected chi connectivity index (χ1v) is 10.3. The second-order valence-corrected chi connectivity index (χ2v) is 7.94. The van der Waals surface area contributed by atoms with Gasteiger partial charge in [0, 0.05) is 25.7 Å². The fraction of sp³-hybridized carbons (Fsp3) is 0.304. The molecular weight excluding hydrogens is 461 g/mol. The zero-order valence-corrected chi connectivity index (χ0v) is 18.2. The van der Waals surface area contributed by atoms with Gasteiger partial charge in [-0.25, -0.2) is 13.6 Å². The molecule has 0 N–H and O–H groups in total. The van der Waals surface area contributed by atoms with E-state index in [1.54, 1.807) is 6.07 Å². The van der Waals surface area contributed by atoms with Gasteiger partial charge in [0.2, 0.25) is 5.88 Å². The summed E-state index contributed by atoms with van der Waals surface area (Å²) in [5, 5.41) is 0. The van der Waals surface area contributed by atoms with E-state index in [1.807, 2.05) is 18.9 Å². The lowest BCUT2D eigenvalue weighted by Crippen LogP contribution is -2.41. The van der Waals surface area contributed by atoms with Gasteiger partial charge < -0.3 is 14.4 Å². The molecule has 0 unspecified atom stereocenters. The summed E-state index contributed by atoms with van der Waals surface area (Å²) in [5.41, 5.74) is -1.43. The molecule has 0 amide bonds. The van der Waals surface area contributed by atoms with Crippen LogP contribution in [0.3, 0.4) is 0 Å². The van der Waals surface area contributed by atoms with E-state index in [0.29, 0.717) is 18.4 Å². The van der Waals surface area contributed by atoms with Crippen LogP contribution >= 0.6 is 0 Å². The van der Waals surface area contributed by atoms with Gasteiger partial charge in [-0.2, -0.15) is 18.2 Å². The molecule has 0 aliphatic carbocycles. The minimum atomic E-state index is -4.63. The fourth-order valence-electron chi connectivity index (χ4n) is 3.59. The average molecular weight is 481 g/mol. The van der Waals surface area contributed by atoms with E-state index < -0.39 is 34.8 Å². The number of anilines is 1. The molecule has 1 aromatic heterocycles. The first kappa shape index (κ1) is 23.5. The van der Waals surface area contributed by atoms with Crippen molar-refractivity contribution in [2.24, 2.45) is 0 Å². The summed E-state index contributed by atoms with van der Waals surface area (Å²) in [7, 11) is 1.84. The monoisotopic (exact) mass is 481 g/mol. The second-order valence-electron chi connectivity index (χ2n) is 7.94. The molecule has 0 bridgehead atoms. The van der Waals surface area contributed by atoms with Crippen molar-refractivity contribution < 1.29 is 31.4 Å². The van der Waals surface area contributed by atoms with Crippen molar-refractivity contribution in [2.75, 3.05) is 11.9 Å². The number of rotatable bonds is 5. The van der Waals surface area contributed by atoms with Crippen molar-refractivity contribution in [2.45, 2.75) is 38.7 Å². The first-order valence-electron chi connectivity index (χ1n) is 10.3. The van der Waals surface area contributed by atoms with E-state index in [-0.39, 0.29) is 29.8 Å². The van der Waals surface area contributed by atoms with Crippen LogP contribution in [0.4, 0.5) is 27.8 Å². The largest absolute Gasteiger partial charge is 0.473 e. The molecule has 0 saturated carbocycles. The van der Waals surface area contributed by atoms with Gasteiger partial charge in [-0.15, -0.1) is 0 Å². The predicted octanol–water partition coefficient (Wildman–Crippen LogP) is 5.14. The molecular formula is C23H20F5N3O3. The molecule has 1 atom stereocenters. The smallest absolute Gasteiger partial charge is 0.416 e. The van der Waals surface area contributed by atoms with Crippen LogP contribution in [0.5, 0.6) is 17.4 Å². The highest BCUT2D eigenvalue weighted by atomic mass is 19.4. The highest BCUT2D eigenvalue weighted by molar-refractivity contribution is 5.44. The van der Waals surface area contributed by atoms with Crippen LogP contribution in [-0.2, 0) is 19.3 Å². The number of halogens is 5. The van der Waals surface area contributed by atoms with Gasteiger partial charge >= 0.3 is 11.9 Å². The van der Waals surface area contributed by atoms with Crippen LogP contribution in [0.25, 0.3) is 0 Å². The molecule has 1 aliphatic heterocycles. The van der Waals surface area contributed by atoms with Crippen molar-refractivity contribution in [3.63, 3.8) is 0 Å². The topological polar surface area (TPSA) is 56.6 Å². The van der Waals surface area contributed by atoms with Crippen molar-refractivity contribution >= 4 is 5.82 Å². The fourth-order valence-corrected chi connectivity index (χ4v) is 3.59. The Balaban J connectivity index is 1.51. The van der Waals surface area contributed by atoms with Crippen molar-refractivity contribution in [3.8, 4) is 17.4 Å². The third kappa shape index (κ3) is 4.82. The molecule has 0 radical (unpaired) electrons. The zero-order chi connectivity index (χ0) is 24.6. The predicted molar refractivity (Wildman–Crippen MR) is 113 cm³/mol. The van der Waals surface area contributed by atoms with Gasteiger partial charge in [-0.05, 0) is 49.2 Å². The molecule has 0 spiro atoms.